The molecule has 0 radical (unpaired) electrons. The molecule has 2 heterocycles. The fourth-order valence-corrected chi connectivity index (χ4v) is 2.74. The number of hydrogen-bond acceptors (Lipinski definition) is 5. The fraction of sp³-hybridized carbons (Fsp3) is 0.818. The van der Waals surface area contributed by atoms with Gasteiger partial charge in [-0.3, -0.25) is 0 Å². The van der Waals surface area contributed by atoms with Gasteiger partial charge in [0.15, 0.2) is 0 Å². The number of aromatic nitrogens is 2. The van der Waals surface area contributed by atoms with E-state index in [1.54, 1.807) is 0 Å². The molecule has 5 heteroatoms. The first-order valence-corrected chi connectivity index (χ1v) is 6.69. The summed E-state index contributed by atoms with van der Waals surface area (Å²) in [5.41, 5.74) is 0.180. The van der Waals surface area contributed by atoms with Crippen molar-refractivity contribution in [2.75, 3.05) is 18.4 Å². The summed E-state index contributed by atoms with van der Waals surface area (Å²) in [6, 6.07) is 0. The summed E-state index contributed by atoms with van der Waals surface area (Å²) in [7, 11) is 0. The lowest BCUT2D eigenvalue weighted by Crippen LogP contribution is -2.45. The van der Waals surface area contributed by atoms with Gasteiger partial charge in [-0.05, 0) is 32.9 Å². The second-order valence-corrected chi connectivity index (χ2v) is 5.80. The Morgan fingerprint density at radius 2 is 2.06 bits per heavy atom. The summed E-state index contributed by atoms with van der Waals surface area (Å²) in [6.45, 7) is 8.68. The third kappa shape index (κ3) is 2.71. The molecular weight excluding hydrogens is 220 g/mol. The highest BCUT2D eigenvalue weighted by atomic mass is 32.1. The molecule has 0 aromatic carbocycles. The average molecular weight is 240 g/mol. The van der Waals surface area contributed by atoms with Crippen LogP contribution in [0.3, 0.4) is 0 Å². The van der Waals surface area contributed by atoms with E-state index in [2.05, 4.69) is 40.8 Å². The standard InChI is InChI=1S/C11H20N4S/c1-8(2)9-13-10(16-15-9)14-11(3)4-6-12-7-5-11/h8,12H,4-7H2,1-3H3,(H,13,14,15). The smallest absolute Gasteiger partial charge is 0.203 e. The average Bonchev–Trinajstić information content (AvgIpc) is 2.66. The second kappa shape index (κ2) is 4.67. The lowest BCUT2D eigenvalue weighted by Gasteiger charge is -2.34. The van der Waals surface area contributed by atoms with E-state index < -0.39 is 0 Å². The van der Waals surface area contributed by atoms with Crippen molar-refractivity contribution in [3.8, 4) is 0 Å². The Morgan fingerprint density at radius 1 is 1.38 bits per heavy atom. The molecule has 16 heavy (non-hydrogen) atoms. The van der Waals surface area contributed by atoms with Crippen LogP contribution in [-0.4, -0.2) is 28.0 Å². The molecule has 4 nitrogen and oxygen atoms in total. The third-order valence-electron chi connectivity index (χ3n) is 3.07. The van der Waals surface area contributed by atoms with Gasteiger partial charge in [-0.1, -0.05) is 13.8 Å². The van der Waals surface area contributed by atoms with Gasteiger partial charge in [-0.2, -0.15) is 4.37 Å². The Balaban J connectivity index is 2.02. The van der Waals surface area contributed by atoms with E-state index in [1.165, 1.54) is 11.5 Å². The van der Waals surface area contributed by atoms with Crippen molar-refractivity contribution in [2.24, 2.45) is 0 Å². The Morgan fingerprint density at radius 3 is 2.62 bits per heavy atom. The van der Waals surface area contributed by atoms with Crippen LogP contribution in [0.1, 0.15) is 45.4 Å². The molecule has 0 atom stereocenters. The first-order chi connectivity index (χ1) is 7.59. The van der Waals surface area contributed by atoms with Gasteiger partial charge in [0.2, 0.25) is 5.13 Å². The van der Waals surface area contributed by atoms with Crippen LogP contribution in [0.25, 0.3) is 0 Å². The molecule has 90 valence electrons. The minimum Gasteiger partial charge on any atom is -0.355 e. The van der Waals surface area contributed by atoms with Gasteiger partial charge in [0.05, 0.1) is 0 Å². The number of rotatable bonds is 3. The van der Waals surface area contributed by atoms with Crippen LogP contribution in [0.4, 0.5) is 5.13 Å². The third-order valence-corrected chi connectivity index (χ3v) is 3.72. The highest BCUT2D eigenvalue weighted by molar-refractivity contribution is 7.09. The lowest BCUT2D eigenvalue weighted by atomic mass is 9.91. The van der Waals surface area contributed by atoms with Crippen LogP contribution < -0.4 is 10.6 Å². The summed E-state index contributed by atoms with van der Waals surface area (Å²) in [5, 5.41) is 7.88. The molecule has 0 spiro atoms. The number of anilines is 1. The maximum absolute atomic E-state index is 4.52. The Labute approximate surface area is 101 Å². The van der Waals surface area contributed by atoms with E-state index >= 15 is 0 Å². The SMILES string of the molecule is CC(C)c1nsc(NC2(C)CCNCC2)n1. The van der Waals surface area contributed by atoms with Crippen molar-refractivity contribution in [2.45, 2.75) is 45.1 Å². The highest BCUT2D eigenvalue weighted by Crippen LogP contribution is 2.26. The summed E-state index contributed by atoms with van der Waals surface area (Å²) in [4.78, 5) is 4.52. The molecule has 1 saturated heterocycles. The van der Waals surface area contributed by atoms with Gasteiger partial charge in [0, 0.05) is 23.0 Å². The molecule has 0 bridgehead atoms. The van der Waals surface area contributed by atoms with E-state index in [0.29, 0.717) is 5.92 Å². The van der Waals surface area contributed by atoms with Crippen LogP contribution in [-0.2, 0) is 0 Å². The molecule has 2 rings (SSSR count). The molecule has 0 amide bonds. The van der Waals surface area contributed by atoms with Gasteiger partial charge in [-0.15, -0.1) is 0 Å². The molecule has 0 aliphatic carbocycles. The number of nitrogens with one attached hydrogen (secondary N) is 2. The maximum Gasteiger partial charge on any atom is 0.203 e. The minimum atomic E-state index is 0.180. The first-order valence-electron chi connectivity index (χ1n) is 5.92. The summed E-state index contributed by atoms with van der Waals surface area (Å²) in [5.74, 6) is 1.36. The van der Waals surface area contributed by atoms with Crippen LogP contribution in [0.5, 0.6) is 0 Å². The van der Waals surface area contributed by atoms with Gasteiger partial charge in [-0.25, -0.2) is 4.98 Å². The maximum atomic E-state index is 4.52. The van der Waals surface area contributed by atoms with E-state index in [4.69, 9.17) is 0 Å². The lowest BCUT2D eigenvalue weighted by molar-refractivity contribution is 0.365. The van der Waals surface area contributed by atoms with Crippen molar-refractivity contribution >= 4 is 16.7 Å². The molecule has 1 aliphatic heterocycles. The van der Waals surface area contributed by atoms with Crippen molar-refractivity contribution in [3.63, 3.8) is 0 Å². The monoisotopic (exact) mass is 240 g/mol. The predicted molar refractivity (Wildman–Crippen MR) is 68.1 cm³/mol. The number of nitrogens with zero attached hydrogens (tertiary/aromatic N) is 2. The van der Waals surface area contributed by atoms with Crippen molar-refractivity contribution < 1.29 is 0 Å². The molecule has 2 N–H and O–H groups in total. The second-order valence-electron chi connectivity index (χ2n) is 5.05. The quantitative estimate of drug-likeness (QED) is 0.850. The highest BCUT2D eigenvalue weighted by Gasteiger charge is 2.27. The molecule has 1 aromatic rings. The predicted octanol–water partition coefficient (Wildman–Crippen LogP) is 2.22. The Bertz CT molecular complexity index is 342. The van der Waals surface area contributed by atoms with Gasteiger partial charge in [0.1, 0.15) is 5.82 Å². The van der Waals surface area contributed by atoms with E-state index in [9.17, 15) is 0 Å². The number of piperidine rings is 1. The van der Waals surface area contributed by atoms with E-state index in [1.807, 2.05) is 0 Å². The van der Waals surface area contributed by atoms with Crippen LogP contribution >= 0.6 is 11.5 Å². The molecule has 1 aliphatic rings. The van der Waals surface area contributed by atoms with Gasteiger partial charge >= 0.3 is 0 Å². The largest absolute Gasteiger partial charge is 0.355 e. The molecule has 1 aromatic heterocycles. The molecule has 0 unspecified atom stereocenters. The van der Waals surface area contributed by atoms with E-state index in [0.717, 1.165) is 36.9 Å². The zero-order valence-electron chi connectivity index (χ0n) is 10.2. The van der Waals surface area contributed by atoms with Crippen molar-refractivity contribution in [1.29, 1.82) is 0 Å². The fourth-order valence-electron chi connectivity index (χ4n) is 1.88. The summed E-state index contributed by atoms with van der Waals surface area (Å²) >= 11 is 1.48. The molecule has 0 saturated carbocycles. The summed E-state index contributed by atoms with van der Waals surface area (Å²) in [6.07, 6.45) is 2.28. The van der Waals surface area contributed by atoms with Crippen LogP contribution in [0, 0.1) is 0 Å². The topological polar surface area (TPSA) is 49.8 Å². The zero-order valence-corrected chi connectivity index (χ0v) is 11.0. The molecular formula is C11H20N4S. The van der Waals surface area contributed by atoms with Gasteiger partial charge < -0.3 is 10.6 Å². The number of hydrogen-bond donors (Lipinski definition) is 2. The zero-order chi connectivity index (χ0) is 11.6. The van der Waals surface area contributed by atoms with Crippen LogP contribution in [0.15, 0.2) is 0 Å². The normalized spacial score (nSPS) is 20.0. The van der Waals surface area contributed by atoms with Gasteiger partial charge in [0.25, 0.3) is 0 Å². The van der Waals surface area contributed by atoms with Crippen LogP contribution in [0.2, 0.25) is 0 Å². The van der Waals surface area contributed by atoms with E-state index in [-0.39, 0.29) is 5.54 Å². The Hall–Kier alpha value is -0.680. The molecule has 1 fully saturated rings. The first kappa shape index (κ1) is 11.8. The van der Waals surface area contributed by atoms with Crippen molar-refractivity contribution in [3.05, 3.63) is 5.82 Å². The summed E-state index contributed by atoms with van der Waals surface area (Å²) < 4.78 is 4.36. The van der Waals surface area contributed by atoms with Crippen molar-refractivity contribution in [1.82, 2.24) is 14.7 Å². The minimum absolute atomic E-state index is 0.180. The Kier molecular flexibility index (Phi) is 3.44.